The summed E-state index contributed by atoms with van der Waals surface area (Å²) in [5, 5.41) is 14.2. The van der Waals surface area contributed by atoms with Crippen LogP contribution in [0.3, 0.4) is 0 Å². The van der Waals surface area contributed by atoms with Crippen molar-refractivity contribution in [2.24, 2.45) is 0 Å². The van der Waals surface area contributed by atoms with Crippen LogP contribution in [0.25, 0.3) is 0 Å². The number of nitrogens with one attached hydrogen (secondary N) is 1. The van der Waals surface area contributed by atoms with Gasteiger partial charge in [-0.05, 0) is 45.1 Å². The standard InChI is InChI=1S/C15H30N2O/c1-3-15(18,4-2)12-17-10-6-5-7-14(17)11-16-13-8-9-13/h13-14,16,18H,3-12H2,1-2H3. The maximum atomic E-state index is 10.5. The van der Waals surface area contributed by atoms with E-state index in [4.69, 9.17) is 0 Å². The smallest absolute Gasteiger partial charge is 0.0769 e. The van der Waals surface area contributed by atoms with E-state index in [1.807, 2.05) is 0 Å². The van der Waals surface area contributed by atoms with Crippen LogP contribution in [0.5, 0.6) is 0 Å². The van der Waals surface area contributed by atoms with Gasteiger partial charge in [-0.2, -0.15) is 0 Å². The molecular formula is C15H30N2O. The molecule has 106 valence electrons. The van der Waals surface area contributed by atoms with E-state index in [0.29, 0.717) is 6.04 Å². The second kappa shape index (κ2) is 6.36. The summed E-state index contributed by atoms with van der Waals surface area (Å²) in [4.78, 5) is 2.53. The molecular weight excluding hydrogens is 224 g/mol. The molecule has 1 aliphatic heterocycles. The lowest BCUT2D eigenvalue weighted by atomic mass is 9.93. The third kappa shape index (κ3) is 3.94. The van der Waals surface area contributed by atoms with Gasteiger partial charge in [0, 0.05) is 25.2 Å². The zero-order chi connectivity index (χ0) is 13.0. The molecule has 0 radical (unpaired) electrons. The van der Waals surface area contributed by atoms with E-state index in [9.17, 15) is 5.11 Å². The average molecular weight is 254 g/mol. The number of piperidine rings is 1. The molecule has 0 amide bonds. The van der Waals surface area contributed by atoms with E-state index in [2.05, 4.69) is 24.1 Å². The van der Waals surface area contributed by atoms with Crippen LogP contribution in [0.15, 0.2) is 0 Å². The van der Waals surface area contributed by atoms with Gasteiger partial charge in [-0.15, -0.1) is 0 Å². The van der Waals surface area contributed by atoms with Crippen molar-refractivity contribution < 1.29 is 5.11 Å². The Bertz CT molecular complexity index is 249. The number of hydrogen-bond acceptors (Lipinski definition) is 3. The van der Waals surface area contributed by atoms with E-state index < -0.39 is 5.60 Å². The molecule has 3 heteroatoms. The summed E-state index contributed by atoms with van der Waals surface area (Å²) < 4.78 is 0. The third-order valence-electron chi connectivity index (χ3n) is 4.78. The topological polar surface area (TPSA) is 35.5 Å². The minimum absolute atomic E-state index is 0.477. The number of hydrogen-bond donors (Lipinski definition) is 2. The van der Waals surface area contributed by atoms with Gasteiger partial charge in [0.15, 0.2) is 0 Å². The molecule has 1 aliphatic carbocycles. The first-order valence-corrected chi connectivity index (χ1v) is 7.86. The SMILES string of the molecule is CCC(O)(CC)CN1CCCCC1CNC1CC1. The second-order valence-electron chi connectivity index (χ2n) is 6.23. The Labute approximate surface area is 112 Å². The van der Waals surface area contributed by atoms with Crippen molar-refractivity contribution in [1.82, 2.24) is 10.2 Å². The lowest BCUT2D eigenvalue weighted by Gasteiger charge is -2.41. The van der Waals surface area contributed by atoms with E-state index >= 15 is 0 Å². The van der Waals surface area contributed by atoms with Gasteiger partial charge in [0.2, 0.25) is 0 Å². The number of aliphatic hydroxyl groups is 1. The van der Waals surface area contributed by atoms with Crippen molar-refractivity contribution >= 4 is 0 Å². The van der Waals surface area contributed by atoms with E-state index in [-0.39, 0.29) is 0 Å². The van der Waals surface area contributed by atoms with Crippen LogP contribution in [-0.4, -0.2) is 47.3 Å². The predicted molar refractivity (Wildman–Crippen MR) is 75.8 cm³/mol. The van der Waals surface area contributed by atoms with Crippen molar-refractivity contribution in [3.05, 3.63) is 0 Å². The maximum absolute atomic E-state index is 10.5. The molecule has 18 heavy (non-hydrogen) atoms. The Kier molecular flexibility index (Phi) is 5.05. The van der Waals surface area contributed by atoms with Gasteiger partial charge >= 0.3 is 0 Å². The van der Waals surface area contributed by atoms with E-state index in [1.165, 1.54) is 38.6 Å². The molecule has 1 atom stereocenters. The summed E-state index contributed by atoms with van der Waals surface area (Å²) in [7, 11) is 0. The lowest BCUT2D eigenvalue weighted by Crippen LogP contribution is -2.52. The molecule has 1 saturated carbocycles. The Morgan fingerprint density at radius 3 is 2.50 bits per heavy atom. The zero-order valence-corrected chi connectivity index (χ0v) is 12.1. The number of likely N-dealkylation sites (tertiary alicyclic amines) is 1. The minimum Gasteiger partial charge on any atom is -0.389 e. The molecule has 0 aromatic carbocycles. The van der Waals surface area contributed by atoms with Crippen LogP contribution >= 0.6 is 0 Å². The van der Waals surface area contributed by atoms with E-state index in [1.54, 1.807) is 0 Å². The summed E-state index contributed by atoms with van der Waals surface area (Å²) in [6.07, 6.45) is 8.39. The monoisotopic (exact) mass is 254 g/mol. The maximum Gasteiger partial charge on any atom is 0.0769 e. The fourth-order valence-corrected chi connectivity index (χ4v) is 2.94. The molecule has 2 aliphatic rings. The molecule has 0 spiro atoms. The van der Waals surface area contributed by atoms with Crippen molar-refractivity contribution in [2.45, 2.75) is 76.5 Å². The number of nitrogens with zero attached hydrogens (tertiary/aromatic N) is 1. The predicted octanol–water partition coefficient (Wildman–Crippen LogP) is 2.14. The van der Waals surface area contributed by atoms with Gasteiger partial charge < -0.3 is 10.4 Å². The highest BCUT2D eigenvalue weighted by atomic mass is 16.3. The Morgan fingerprint density at radius 2 is 1.89 bits per heavy atom. The van der Waals surface area contributed by atoms with Crippen LogP contribution in [0, 0.1) is 0 Å². The van der Waals surface area contributed by atoms with Crippen LogP contribution in [0.2, 0.25) is 0 Å². The van der Waals surface area contributed by atoms with Gasteiger partial charge in [0.1, 0.15) is 0 Å². The molecule has 2 rings (SSSR count). The van der Waals surface area contributed by atoms with Crippen LogP contribution < -0.4 is 5.32 Å². The Morgan fingerprint density at radius 1 is 1.17 bits per heavy atom. The fraction of sp³-hybridized carbons (Fsp3) is 1.00. The fourth-order valence-electron chi connectivity index (χ4n) is 2.94. The Balaban J connectivity index is 1.85. The first-order chi connectivity index (χ1) is 8.67. The highest BCUT2D eigenvalue weighted by Gasteiger charge is 2.31. The highest BCUT2D eigenvalue weighted by molar-refractivity contribution is 4.89. The molecule has 2 fully saturated rings. The highest BCUT2D eigenvalue weighted by Crippen LogP contribution is 2.24. The van der Waals surface area contributed by atoms with Crippen molar-refractivity contribution in [1.29, 1.82) is 0 Å². The van der Waals surface area contributed by atoms with Crippen LogP contribution in [0.4, 0.5) is 0 Å². The average Bonchev–Trinajstić information content (AvgIpc) is 3.22. The number of rotatable bonds is 7. The zero-order valence-electron chi connectivity index (χ0n) is 12.1. The van der Waals surface area contributed by atoms with Gasteiger partial charge in [0.05, 0.1) is 5.60 Å². The molecule has 2 N–H and O–H groups in total. The van der Waals surface area contributed by atoms with Crippen LogP contribution in [-0.2, 0) is 0 Å². The Hall–Kier alpha value is -0.120. The normalized spacial score (nSPS) is 26.5. The molecule has 1 heterocycles. The van der Waals surface area contributed by atoms with Gasteiger partial charge in [0.25, 0.3) is 0 Å². The summed E-state index contributed by atoms with van der Waals surface area (Å²) in [5.74, 6) is 0. The summed E-state index contributed by atoms with van der Waals surface area (Å²) in [5.41, 5.74) is -0.477. The first kappa shape index (κ1) is 14.3. The molecule has 1 unspecified atom stereocenters. The van der Waals surface area contributed by atoms with Gasteiger partial charge in [-0.25, -0.2) is 0 Å². The molecule has 3 nitrogen and oxygen atoms in total. The quantitative estimate of drug-likeness (QED) is 0.731. The minimum atomic E-state index is -0.477. The van der Waals surface area contributed by atoms with Gasteiger partial charge in [-0.1, -0.05) is 20.3 Å². The first-order valence-electron chi connectivity index (χ1n) is 7.86. The number of β-amino-alcohol motifs (C(OH)–C–C–N with tert-alkyl or cyclic N) is 1. The summed E-state index contributed by atoms with van der Waals surface area (Å²) in [6, 6.07) is 1.44. The largest absolute Gasteiger partial charge is 0.389 e. The van der Waals surface area contributed by atoms with E-state index in [0.717, 1.165) is 32.0 Å². The third-order valence-corrected chi connectivity index (χ3v) is 4.78. The van der Waals surface area contributed by atoms with Gasteiger partial charge in [-0.3, -0.25) is 4.90 Å². The molecule has 0 aromatic rings. The summed E-state index contributed by atoms with van der Waals surface area (Å²) in [6.45, 7) is 7.35. The molecule has 1 saturated heterocycles. The summed E-state index contributed by atoms with van der Waals surface area (Å²) >= 11 is 0. The lowest BCUT2D eigenvalue weighted by molar-refractivity contribution is -0.0225. The van der Waals surface area contributed by atoms with Crippen LogP contribution in [0.1, 0.15) is 58.8 Å². The van der Waals surface area contributed by atoms with Crippen molar-refractivity contribution in [3.63, 3.8) is 0 Å². The molecule has 0 bridgehead atoms. The molecule has 0 aromatic heterocycles. The van der Waals surface area contributed by atoms with Crippen molar-refractivity contribution in [2.75, 3.05) is 19.6 Å². The second-order valence-corrected chi connectivity index (χ2v) is 6.23. The van der Waals surface area contributed by atoms with Crippen molar-refractivity contribution in [3.8, 4) is 0 Å².